The number of carbonyl (C=O) groups is 1. The van der Waals surface area contributed by atoms with Gasteiger partial charge in [-0.3, -0.25) is 4.90 Å². The van der Waals surface area contributed by atoms with Gasteiger partial charge in [0.25, 0.3) is 0 Å². The highest BCUT2D eigenvalue weighted by molar-refractivity contribution is 5.93. The second-order valence-corrected chi connectivity index (χ2v) is 12.0. The number of imidazole rings is 1. The fraction of sp³-hybridized carbons (Fsp3) is 0.389. The molecule has 236 valence electrons. The predicted molar refractivity (Wildman–Crippen MR) is 169 cm³/mol. The molecular formula is C36H36FN5O4. The molecule has 9 nitrogen and oxygen atoms in total. The number of piperidine rings is 1. The molecule has 10 heteroatoms. The molecule has 1 saturated heterocycles. The molecule has 46 heavy (non-hydrogen) atoms. The largest absolute Gasteiger partial charge is 0.484 e. The van der Waals surface area contributed by atoms with Crippen molar-refractivity contribution in [2.24, 2.45) is 5.41 Å². The van der Waals surface area contributed by atoms with Gasteiger partial charge in [0.15, 0.2) is 11.6 Å². The van der Waals surface area contributed by atoms with E-state index in [9.17, 15) is 14.4 Å². The third kappa shape index (κ3) is 7.14. The van der Waals surface area contributed by atoms with E-state index in [1.165, 1.54) is 13.2 Å². The van der Waals surface area contributed by atoms with E-state index in [1.807, 2.05) is 30.3 Å². The lowest BCUT2D eigenvalue weighted by atomic mass is 10.0. The minimum Gasteiger partial charge on any atom is -0.484 e. The Morgan fingerprint density at radius 2 is 1.93 bits per heavy atom. The van der Waals surface area contributed by atoms with Gasteiger partial charge in [-0.2, -0.15) is 5.26 Å². The van der Waals surface area contributed by atoms with Gasteiger partial charge in [-0.25, -0.2) is 19.2 Å². The van der Waals surface area contributed by atoms with Gasteiger partial charge >= 0.3 is 5.97 Å². The van der Waals surface area contributed by atoms with Crippen LogP contribution in [0.5, 0.6) is 11.6 Å². The molecule has 4 aromatic rings. The minimum atomic E-state index is -0.463. The van der Waals surface area contributed by atoms with Gasteiger partial charge in [0.2, 0.25) is 5.88 Å². The molecule has 0 spiro atoms. The summed E-state index contributed by atoms with van der Waals surface area (Å²) in [5, 5.41) is 9.43. The van der Waals surface area contributed by atoms with Gasteiger partial charge in [-0.1, -0.05) is 12.0 Å². The lowest BCUT2D eigenvalue weighted by Crippen LogP contribution is -2.38. The second-order valence-electron chi connectivity index (χ2n) is 12.0. The Balaban J connectivity index is 1.08. The first kappa shape index (κ1) is 31.1. The monoisotopic (exact) mass is 621 g/mol. The summed E-state index contributed by atoms with van der Waals surface area (Å²) in [6, 6.07) is 18.0. The molecule has 6 rings (SSSR count). The van der Waals surface area contributed by atoms with Gasteiger partial charge in [0, 0.05) is 43.1 Å². The first-order valence-electron chi connectivity index (χ1n) is 15.5. The Kier molecular flexibility index (Phi) is 9.18. The van der Waals surface area contributed by atoms with Crippen molar-refractivity contribution < 1.29 is 23.4 Å². The summed E-state index contributed by atoms with van der Waals surface area (Å²) in [5.74, 6) is 6.34. The number of halogens is 1. The minimum absolute atomic E-state index is 0.0105. The van der Waals surface area contributed by atoms with Gasteiger partial charge in [0.1, 0.15) is 18.5 Å². The van der Waals surface area contributed by atoms with E-state index >= 15 is 0 Å². The molecule has 2 aromatic carbocycles. The van der Waals surface area contributed by atoms with Gasteiger partial charge < -0.3 is 18.8 Å². The summed E-state index contributed by atoms with van der Waals surface area (Å²) in [6.45, 7) is 4.83. The number of hydrogen-bond acceptors (Lipinski definition) is 8. The van der Waals surface area contributed by atoms with Crippen molar-refractivity contribution in [1.82, 2.24) is 19.4 Å². The Morgan fingerprint density at radius 1 is 1.11 bits per heavy atom. The van der Waals surface area contributed by atoms with E-state index in [-0.39, 0.29) is 29.8 Å². The molecule has 0 unspecified atom stereocenters. The average molecular weight is 622 g/mol. The molecule has 3 heterocycles. The number of ether oxygens (including phenoxy) is 3. The third-order valence-electron chi connectivity index (χ3n) is 8.70. The van der Waals surface area contributed by atoms with Gasteiger partial charge in [0.05, 0.1) is 42.0 Å². The fourth-order valence-corrected chi connectivity index (χ4v) is 5.94. The zero-order chi connectivity index (χ0) is 32.1. The van der Waals surface area contributed by atoms with Crippen LogP contribution in [0.4, 0.5) is 4.39 Å². The maximum absolute atomic E-state index is 14.4. The number of pyridine rings is 1. The molecule has 0 bridgehead atoms. The lowest BCUT2D eigenvalue weighted by molar-refractivity contribution is 0.0601. The number of aromatic nitrogens is 3. The number of hydrogen-bond donors (Lipinski definition) is 0. The molecule has 1 saturated carbocycles. The number of nitrogens with zero attached hydrogens (tertiary/aromatic N) is 5. The highest BCUT2D eigenvalue weighted by atomic mass is 19.1. The number of likely N-dealkylation sites (tertiary alicyclic amines) is 1. The maximum Gasteiger partial charge on any atom is 0.337 e. The Morgan fingerprint density at radius 3 is 2.65 bits per heavy atom. The molecule has 0 N–H and O–H groups in total. The lowest BCUT2D eigenvalue weighted by Gasteiger charge is -2.32. The molecule has 2 fully saturated rings. The molecular weight excluding hydrogens is 585 g/mol. The summed E-state index contributed by atoms with van der Waals surface area (Å²) in [4.78, 5) is 24.2. The zero-order valence-electron chi connectivity index (χ0n) is 26.1. The van der Waals surface area contributed by atoms with Crippen LogP contribution in [-0.4, -0.2) is 51.7 Å². The summed E-state index contributed by atoms with van der Waals surface area (Å²) in [6.07, 6.45) is 4.19. The van der Waals surface area contributed by atoms with Crippen LogP contribution in [0.15, 0.2) is 54.6 Å². The smallest absolute Gasteiger partial charge is 0.337 e. The standard InChI is InChI=1S/C36H36FN5O4/c1-3-5-25-8-11-32(29(37)20-25)45-23-27-6-4-7-34(39-27)46-28-12-18-41(19-13-28)22-33-40-30-10-9-26(35(43)44-2)21-31(30)42(33)24-36(14-15-36)16-17-38/h4,6-11,20-21,28H,12-16,18-19,22-24H2,1-2H3. The number of carbonyl (C=O) groups excluding carboxylic acids is 1. The van der Waals surface area contributed by atoms with Crippen LogP contribution in [0.1, 0.15) is 66.5 Å². The van der Waals surface area contributed by atoms with E-state index in [0.717, 1.165) is 55.6 Å². The Hall–Kier alpha value is -4.93. The van der Waals surface area contributed by atoms with Crippen LogP contribution in [0.2, 0.25) is 0 Å². The van der Waals surface area contributed by atoms with Crippen molar-refractivity contribution in [3.63, 3.8) is 0 Å². The van der Waals surface area contributed by atoms with Crippen molar-refractivity contribution in [2.75, 3.05) is 20.2 Å². The average Bonchev–Trinajstić information content (AvgIpc) is 3.75. The summed E-state index contributed by atoms with van der Waals surface area (Å²) in [5.41, 5.74) is 3.41. The van der Waals surface area contributed by atoms with Crippen molar-refractivity contribution in [3.05, 3.63) is 83.1 Å². The van der Waals surface area contributed by atoms with Crippen LogP contribution < -0.4 is 9.47 Å². The van der Waals surface area contributed by atoms with E-state index in [0.29, 0.717) is 42.2 Å². The summed E-state index contributed by atoms with van der Waals surface area (Å²) in [7, 11) is 1.38. The van der Waals surface area contributed by atoms with Gasteiger partial charge in [-0.15, -0.1) is 5.92 Å². The van der Waals surface area contributed by atoms with Crippen LogP contribution >= 0.6 is 0 Å². The first-order valence-corrected chi connectivity index (χ1v) is 15.5. The number of nitriles is 1. The normalized spacial score (nSPS) is 15.9. The van der Waals surface area contributed by atoms with Crippen molar-refractivity contribution >= 4 is 17.0 Å². The van der Waals surface area contributed by atoms with E-state index in [4.69, 9.17) is 19.2 Å². The highest BCUT2D eigenvalue weighted by Crippen LogP contribution is 2.50. The van der Waals surface area contributed by atoms with Gasteiger partial charge in [-0.05, 0) is 75.1 Å². The topological polar surface area (TPSA) is 102 Å². The SMILES string of the molecule is CC#Cc1ccc(OCc2cccc(OC3CCN(Cc4nc5ccc(C(=O)OC)cc5n4CC4(CC#N)CC4)CC3)n2)c(F)c1. The number of esters is 1. The third-order valence-corrected chi connectivity index (χ3v) is 8.70. The quantitative estimate of drug-likeness (QED) is 0.148. The van der Waals surface area contributed by atoms with E-state index < -0.39 is 5.82 Å². The number of benzene rings is 2. The maximum atomic E-state index is 14.4. The Labute approximate surface area is 267 Å². The molecule has 1 aliphatic heterocycles. The summed E-state index contributed by atoms with van der Waals surface area (Å²) >= 11 is 0. The van der Waals surface area contributed by atoms with Crippen LogP contribution in [0, 0.1) is 34.4 Å². The highest BCUT2D eigenvalue weighted by Gasteiger charge is 2.43. The van der Waals surface area contributed by atoms with Crippen molar-refractivity contribution in [3.8, 4) is 29.5 Å². The van der Waals surface area contributed by atoms with E-state index in [1.54, 1.807) is 25.1 Å². The predicted octanol–water partition coefficient (Wildman–Crippen LogP) is 6.04. The number of methoxy groups -OCH3 is 1. The van der Waals surface area contributed by atoms with Crippen LogP contribution in [-0.2, 0) is 24.4 Å². The molecule has 2 aromatic heterocycles. The van der Waals surface area contributed by atoms with Crippen LogP contribution in [0.3, 0.4) is 0 Å². The molecule has 0 atom stereocenters. The zero-order valence-corrected chi connectivity index (χ0v) is 26.1. The second kappa shape index (κ2) is 13.6. The number of rotatable bonds is 11. The molecule has 2 aliphatic rings. The molecule has 0 amide bonds. The van der Waals surface area contributed by atoms with Crippen LogP contribution in [0.25, 0.3) is 11.0 Å². The summed E-state index contributed by atoms with van der Waals surface area (Å²) < 4.78 is 33.5. The first-order chi connectivity index (χ1) is 22.4. The number of fused-ring (bicyclic) bond motifs is 1. The fourth-order valence-electron chi connectivity index (χ4n) is 5.94. The molecule has 1 aliphatic carbocycles. The van der Waals surface area contributed by atoms with Crippen molar-refractivity contribution in [1.29, 1.82) is 5.26 Å². The Bertz CT molecular complexity index is 1840. The molecule has 0 radical (unpaired) electrons. The van der Waals surface area contributed by atoms with Crippen molar-refractivity contribution in [2.45, 2.75) is 64.8 Å². The van der Waals surface area contributed by atoms with E-state index in [2.05, 4.69) is 32.4 Å².